The smallest absolute Gasteiger partial charge is 0.0712 e. The lowest BCUT2D eigenvalue weighted by molar-refractivity contribution is 1.02. The van der Waals surface area contributed by atoms with E-state index in [0.29, 0.717) is 0 Å². The van der Waals surface area contributed by atoms with Crippen molar-refractivity contribution in [3.63, 3.8) is 0 Å². The highest BCUT2D eigenvalue weighted by Gasteiger charge is 2.20. The van der Waals surface area contributed by atoms with E-state index in [1.165, 1.54) is 150 Å². The van der Waals surface area contributed by atoms with Crippen LogP contribution in [0.25, 0.3) is 94.4 Å². The first-order valence-electron chi connectivity index (χ1n) is 33.1. The van der Waals surface area contributed by atoms with Crippen molar-refractivity contribution in [3.05, 3.63) is 376 Å². The van der Waals surface area contributed by atoms with E-state index in [0.717, 1.165) is 48.2 Å². The van der Waals surface area contributed by atoms with Gasteiger partial charge in [-0.3, -0.25) is 0 Å². The van der Waals surface area contributed by atoms with Crippen LogP contribution in [0.2, 0.25) is 0 Å². The van der Waals surface area contributed by atoms with Crippen LogP contribution in [0.1, 0.15) is 92.1 Å². The lowest BCUT2D eigenvalue weighted by Crippen LogP contribution is -1.99. The minimum atomic E-state index is 0.771. The van der Waals surface area contributed by atoms with Crippen LogP contribution in [-0.4, -0.2) is 10.3 Å². The van der Waals surface area contributed by atoms with E-state index in [2.05, 4.69) is 351 Å². The first-order valence-corrected chi connectivity index (χ1v) is 33.1. The number of fused-ring (bicyclic) bond motifs is 6. The second kappa shape index (κ2) is 27.9. The number of hydrogen-bond acceptors (Lipinski definition) is 1. The van der Waals surface area contributed by atoms with Crippen molar-refractivity contribution in [1.29, 1.82) is 0 Å². The van der Waals surface area contributed by atoms with Gasteiger partial charge in [0.05, 0.1) is 22.4 Å². The maximum absolute atomic E-state index is 4.92. The standard InChI is InChI=1S/C34H30.C31H23N.C27H27N/c1-24-11-7-9-15-31(24)33-22-28(18-17-26(33)3)29-19-20-30(21-27-13-5-4-6-14-27)34(23-29)32-16-10-8-12-25(32)2;1-2-9-25(10-3-1)32-30-13-7-6-12-27(30)29-20-22(16-17-31(29)32)21-14-15-24-18-23-8-4-5-11-26(23)28(24)19-21;1-19-12-14-24(15-13-19)27(18-22(4)25-10-6-8-20(2)16-25)28-23(5)26-11-7-9-21(3)17-26/h4-20,22-23H,21H2,1-3H3;2,4-17,19-20H,1,3,18H2;6-18H,5H2,1-4H3/b;;22-18+,28-27?. The Labute approximate surface area is 556 Å². The van der Waals surface area contributed by atoms with Gasteiger partial charge in [0.15, 0.2) is 0 Å². The summed E-state index contributed by atoms with van der Waals surface area (Å²) in [7, 11) is 0. The third kappa shape index (κ3) is 13.7. The van der Waals surface area contributed by atoms with Crippen molar-refractivity contribution in [1.82, 2.24) is 4.57 Å². The molecule has 0 amide bonds. The molecule has 0 saturated heterocycles. The molecule has 1 aromatic heterocycles. The van der Waals surface area contributed by atoms with E-state index in [4.69, 9.17) is 4.99 Å². The fourth-order valence-corrected chi connectivity index (χ4v) is 13.4. The summed E-state index contributed by atoms with van der Waals surface area (Å²) in [5.74, 6) is 0. The average molecular weight is 1210 g/mol. The Morgan fingerprint density at radius 3 is 1.69 bits per heavy atom. The van der Waals surface area contributed by atoms with Crippen LogP contribution in [0.5, 0.6) is 0 Å². The fourth-order valence-electron chi connectivity index (χ4n) is 13.4. The number of aryl methyl sites for hydroxylation is 6. The number of allylic oxidation sites excluding steroid dienone is 6. The number of rotatable bonds is 12. The number of aliphatic imine (C=N–C) groups is 1. The Balaban J connectivity index is 0.000000129. The second-order valence-corrected chi connectivity index (χ2v) is 25.5. The molecule has 0 radical (unpaired) electrons. The van der Waals surface area contributed by atoms with Crippen LogP contribution in [0, 0.1) is 41.5 Å². The van der Waals surface area contributed by atoms with Crippen LogP contribution in [0.3, 0.4) is 0 Å². The molecule has 0 saturated carbocycles. The lowest BCUT2D eigenvalue weighted by Gasteiger charge is -2.16. The molecule has 1 heterocycles. The third-order valence-corrected chi connectivity index (χ3v) is 18.6. The summed E-state index contributed by atoms with van der Waals surface area (Å²) in [5, 5.41) is 2.63. The maximum Gasteiger partial charge on any atom is 0.0712 e. The van der Waals surface area contributed by atoms with E-state index >= 15 is 0 Å². The minimum Gasteiger partial charge on any atom is -0.310 e. The Bertz CT molecular complexity index is 5090. The second-order valence-electron chi connectivity index (χ2n) is 25.5. The van der Waals surface area contributed by atoms with Gasteiger partial charge in [-0.15, -0.1) is 0 Å². The third-order valence-electron chi connectivity index (χ3n) is 18.6. The molecule has 94 heavy (non-hydrogen) atoms. The molecular weight excluding hydrogens is 1130 g/mol. The number of nitrogens with zero attached hydrogens (tertiary/aromatic N) is 2. The largest absolute Gasteiger partial charge is 0.310 e. The Hall–Kier alpha value is -10.9. The van der Waals surface area contributed by atoms with Crippen molar-refractivity contribution in [2.45, 2.75) is 74.1 Å². The average Bonchev–Trinajstić information content (AvgIpc) is 1.59. The molecule has 0 N–H and O–H groups in total. The predicted molar refractivity (Wildman–Crippen MR) is 405 cm³/mol. The van der Waals surface area contributed by atoms with Crippen LogP contribution in [-0.2, 0) is 12.8 Å². The SMILES string of the molecule is C1=CC(n2c3ccccc3c3cc(-c4ccc5c(c4)-c4ccccc4C5)ccc32)=CCC1.C=C(N=C(/C=C(\C)c1cccc(C)c1)c1ccc(C)cc1)c1cccc(C)c1.Cc1ccccc1-c1cc(-c2ccc(Cc3ccccc3)c(-c3ccccc3C)c2)ccc1C. The highest BCUT2D eigenvalue weighted by Crippen LogP contribution is 2.42. The Morgan fingerprint density at radius 2 is 0.979 bits per heavy atom. The predicted octanol–water partition coefficient (Wildman–Crippen LogP) is 24.6. The van der Waals surface area contributed by atoms with Gasteiger partial charge in [-0.05, 0) is 240 Å². The zero-order valence-electron chi connectivity index (χ0n) is 55.2. The van der Waals surface area contributed by atoms with Crippen molar-refractivity contribution in [2.75, 3.05) is 0 Å². The topological polar surface area (TPSA) is 17.3 Å². The molecule has 2 heteroatoms. The van der Waals surface area contributed by atoms with Crippen molar-refractivity contribution >= 4 is 44.5 Å². The number of para-hydroxylation sites is 1. The maximum atomic E-state index is 4.92. The molecule has 2 aliphatic rings. The summed E-state index contributed by atoms with van der Waals surface area (Å²) < 4.78 is 2.42. The fraction of sp³-hybridized carbons (Fsp3) is 0.120. The van der Waals surface area contributed by atoms with Crippen molar-refractivity contribution < 1.29 is 0 Å². The molecule has 0 bridgehead atoms. The summed E-state index contributed by atoms with van der Waals surface area (Å²) in [6.07, 6.45) is 13.3. The van der Waals surface area contributed by atoms with Crippen molar-refractivity contribution in [2.24, 2.45) is 4.99 Å². The van der Waals surface area contributed by atoms with Gasteiger partial charge < -0.3 is 4.57 Å². The van der Waals surface area contributed by atoms with E-state index < -0.39 is 0 Å². The van der Waals surface area contributed by atoms with E-state index in [-0.39, 0.29) is 0 Å². The van der Waals surface area contributed by atoms with Gasteiger partial charge >= 0.3 is 0 Å². The molecule has 0 atom stereocenters. The van der Waals surface area contributed by atoms with Gasteiger partial charge in [0.1, 0.15) is 0 Å². The monoisotopic (exact) mass is 1210 g/mol. The first kappa shape index (κ1) is 61.9. The number of aromatic nitrogens is 1. The molecular formula is C92H80N2. The Morgan fingerprint density at radius 1 is 0.415 bits per heavy atom. The number of hydrogen-bond donors (Lipinski definition) is 0. The normalized spacial score (nSPS) is 12.5. The van der Waals surface area contributed by atoms with Gasteiger partial charge in [-0.25, -0.2) is 4.99 Å². The van der Waals surface area contributed by atoms with Crippen LogP contribution in [0.4, 0.5) is 0 Å². The van der Waals surface area contributed by atoms with Crippen LogP contribution < -0.4 is 0 Å². The van der Waals surface area contributed by atoms with Gasteiger partial charge in [0, 0.05) is 22.0 Å². The van der Waals surface area contributed by atoms with E-state index in [1.807, 2.05) is 6.07 Å². The zero-order chi connectivity index (χ0) is 64.7. The number of benzene rings is 12. The highest BCUT2D eigenvalue weighted by atomic mass is 15.0. The summed E-state index contributed by atoms with van der Waals surface area (Å²) >= 11 is 0. The molecule has 458 valence electrons. The summed E-state index contributed by atoms with van der Waals surface area (Å²) in [4.78, 5) is 4.92. The molecule has 13 aromatic rings. The summed E-state index contributed by atoms with van der Waals surface area (Å²) in [6.45, 7) is 19.3. The molecule has 0 spiro atoms. The van der Waals surface area contributed by atoms with Crippen LogP contribution in [0.15, 0.2) is 309 Å². The van der Waals surface area contributed by atoms with Gasteiger partial charge in [0.25, 0.3) is 0 Å². The first-order chi connectivity index (χ1) is 45.9. The molecule has 0 aliphatic heterocycles. The van der Waals surface area contributed by atoms with Gasteiger partial charge in [-0.2, -0.15) is 0 Å². The highest BCUT2D eigenvalue weighted by molar-refractivity contribution is 6.14. The van der Waals surface area contributed by atoms with E-state index in [1.54, 1.807) is 0 Å². The summed E-state index contributed by atoms with van der Waals surface area (Å²) in [5.41, 5.74) is 36.3. The molecule has 12 aromatic carbocycles. The van der Waals surface area contributed by atoms with Crippen molar-refractivity contribution in [3.8, 4) is 55.6 Å². The minimum absolute atomic E-state index is 0.771. The molecule has 0 fully saturated rings. The Kier molecular flexibility index (Phi) is 18.4. The zero-order valence-corrected chi connectivity index (χ0v) is 55.2. The quantitative estimate of drug-likeness (QED) is 0.109. The summed E-state index contributed by atoms with van der Waals surface area (Å²) in [6, 6.07) is 98.9. The van der Waals surface area contributed by atoms with Crippen LogP contribution >= 0.6 is 0 Å². The molecule has 0 unspecified atom stereocenters. The van der Waals surface area contributed by atoms with Gasteiger partial charge in [-0.1, -0.05) is 266 Å². The molecule has 2 aliphatic carbocycles. The molecule has 2 nitrogen and oxygen atoms in total. The molecule has 15 rings (SSSR count). The van der Waals surface area contributed by atoms with E-state index in [9.17, 15) is 0 Å². The lowest BCUT2D eigenvalue weighted by atomic mass is 9.88. The van der Waals surface area contributed by atoms with Gasteiger partial charge in [0.2, 0.25) is 0 Å².